The second kappa shape index (κ2) is 9.85. The van der Waals surface area contributed by atoms with Crippen LogP contribution in [0.5, 0.6) is 0 Å². The maximum Gasteiger partial charge on any atom is 0.312 e. The Labute approximate surface area is 166 Å². The zero-order valence-electron chi connectivity index (χ0n) is 16.3. The van der Waals surface area contributed by atoms with Gasteiger partial charge in [-0.05, 0) is 45.7 Å². The molecule has 1 rings (SSSR count). The van der Waals surface area contributed by atoms with E-state index >= 15 is 0 Å². The summed E-state index contributed by atoms with van der Waals surface area (Å²) in [5.41, 5.74) is 0.0446. The van der Waals surface area contributed by atoms with Crippen LogP contribution in [0.15, 0.2) is 29.2 Å². The summed E-state index contributed by atoms with van der Waals surface area (Å²) in [6.07, 6.45) is 3.42. The highest BCUT2D eigenvalue weighted by Gasteiger charge is 2.43. The quantitative estimate of drug-likeness (QED) is 0.307. The molecule has 0 radical (unpaired) electrons. The van der Waals surface area contributed by atoms with Gasteiger partial charge in [0.05, 0.1) is 17.4 Å². The van der Waals surface area contributed by atoms with Crippen molar-refractivity contribution in [2.24, 2.45) is 5.41 Å². The Kier molecular flexibility index (Phi) is 8.76. The van der Waals surface area contributed by atoms with Crippen molar-refractivity contribution < 1.29 is 17.9 Å². The Morgan fingerprint density at radius 3 is 2.27 bits per heavy atom. The average molecular weight is 448 g/mol. The summed E-state index contributed by atoms with van der Waals surface area (Å²) in [5, 5.41) is 0.912. The first kappa shape index (κ1) is 23.1. The molecule has 26 heavy (non-hydrogen) atoms. The predicted octanol–water partition coefficient (Wildman–Crippen LogP) is 4.14. The highest BCUT2D eigenvalue weighted by Crippen LogP contribution is 2.33. The largest absolute Gasteiger partial charge is 0.469 e. The van der Waals surface area contributed by atoms with E-state index in [1.54, 1.807) is 45.2 Å². The number of methoxy groups -OCH3 is 1. The Morgan fingerprint density at radius 2 is 1.77 bits per heavy atom. The molecule has 0 fully saturated rings. The van der Waals surface area contributed by atoms with Crippen molar-refractivity contribution in [3.05, 3.63) is 29.8 Å². The molecule has 7 heteroatoms. The van der Waals surface area contributed by atoms with Crippen molar-refractivity contribution in [3.63, 3.8) is 0 Å². The predicted molar refractivity (Wildman–Crippen MR) is 108 cm³/mol. The van der Waals surface area contributed by atoms with Crippen LogP contribution < -0.4 is 0 Å². The average Bonchev–Trinajstić information content (AvgIpc) is 2.60. The van der Waals surface area contributed by atoms with Gasteiger partial charge in [0, 0.05) is 18.4 Å². The van der Waals surface area contributed by atoms with E-state index in [1.807, 2.05) is 6.92 Å². The van der Waals surface area contributed by atoms with Crippen molar-refractivity contribution in [1.29, 1.82) is 0 Å². The molecule has 0 saturated heterocycles. The second-order valence-corrected chi connectivity index (χ2v) is 9.89. The lowest BCUT2D eigenvalue weighted by Gasteiger charge is -2.37. The summed E-state index contributed by atoms with van der Waals surface area (Å²) in [5.74, 6) is -0.408. The van der Waals surface area contributed by atoms with Crippen LogP contribution in [0.1, 0.15) is 45.1 Å². The van der Waals surface area contributed by atoms with Gasteiger partial charge in [-0.2, -0.15) is 4.31 Å². The van der Waals surface area contributed by atoms with Crippen LogP contribution in [0.2, 0.25) is 0 Å². The molecule has 0 N–H and O–H groups in total. The van der Waals surface area contributed by atoms with Crippen molar-refractivity contribution in [2.75, 3.05) is 19.5 Å². The van der Waals surface area contributed by atoms with Crippen molar-refractivity contribution in [1.82, 2.24) is 4.31 Å². The van der Waals surface area contributed by atoms with Gasteiger partial charge in [-0.25, -0.2) is 8.42 Å². The number of ether oxygens (including phenoxy) is 1. The summed E-state index contributed by atoms with van der Waals surface area (Å²) < 4.78 is 32.5. The molecule has 0 aliphatic carbocycles. The number of benzene rings is 1. The molecule has 0 heterocycles. The first-order valence-electron chi connectivity index (χ1n) is 8.78. The van der Waals surface area contributed by atoms with E-state index in [-0.39, 0.29) is 4.90 Å². The molecule has 1 atom stereocenters. The molecule has 0 spiro atoms. The van der Waals surface area contributed by atoms with Gasteiger partial charge in [0.25, 0.3) is 0 Å². The topological polar surface area (TPSA) is 63.7 Å². The van der Waals surface area contributed by atoms with Gasteiger partial charge in [-0.3, -0.25) is 4.79 Å². The Hall–Kier alpha value is -0.920. The van der Waals surface area contributed by atoms with E-state index in [0.717, 1.165) is 30.2 Å². The smallest absolute Gasteiger partial charge is 0.312 e. The molecule has 0 bridgehead atoms. The third kappa shape index (κ3) is 5.54. The fourth-order valence-electron chi connectivity index (χ4n) is 3.05. The van der Waals surface area contributed by atoms with E-state index in [9.17, 15) is 13.2 Å². The number of alkyl halides is 1. The Balaban J connectivity index is 3.18. The minimum absolute atomic E-state index is 0.233. The summed E-state index contributed by atoms with van der Waals surface area (Å²) in [4.78, 5) is 12.6. The fraction of sp³-hybridized carbons (Fsp3) is 0.632. The summed E-state index contributed by atoms with van der Waals surface area (Å²) in [6.45, 7) is 5.40. The number of carbonyl (C=O) groups excluding carboxylic acids is 1. The van der Waals surface area contributed by atoms with Crippen LogP contribution >= 0.6 is 15.9 Å². The van der Waals surface area contributed by atoms with Crippen molar-refractivity contribution in [3.8, 4) is 0 Å². The SMILES string of the molecule is COC(=O)C(C)(C)C(CCCCCBr)N(C)S(=O)(=O)c1ccc(C)cc1. The number of hydrogen-bond donors (Lipinski definition) is 0. The normalized spacial score (nSPS) is 13.7. The van der Waals surface area contributed by atoms with Gasteiger partial charge in [-0.15, -0.1) is 0 Å². The monoisotopic (exact) mass is 447 g/mol. The van der Waals surface area contributed by atoms with E-state index in [0.29, 0.717) is 6.42 Å². The molecule has 0 aliphatic heterocycles. The number of sulfonamides is 1. The maximum absolute atomic E-state index is 13.1. The van der Waals surface area contributed by atoms with E-state index in [4.69, 9.17) is 4.74 Å². The van der Waals surface area contributed by atoms with Crippen molar-refractivity contribution >= 4 is 31.9 Å². The van der Waals surface area contributed by atoms with Gasteiger partial charge in [0.15, 0.2) is 0 Å². The standard InChI is InChI=1S/C19H30BrNO4S/c1-15-10-12-16(13-11-15)26(23,24)21(4)17(9-7-6-8-14-20)19(2,3)18(22)25-5/h10-13,17H,6-9,14H2,1-5H3. The molecule has 1 unspecified atom stereocenters. The van der Waals surface area contributed by atoms with Gasteiger partial charge in [0.2, 0.25) is 10.0 Å². The molecule has 0 saturated carbocycles. The molecule has 0 amide bonds. The highest BCUT2D eigenvalue weighted by atomic mass is 79.9. The van der Waals surface area contributed by atoms with E-state index in [2.05, 4.69) is 15.9 Å². The van der Waals surface area contributed by atoms with Crippen LogP contribution in [0.3, 0.4) is 0 Å². The minimum atomic E-state index is -3.71. The molecular formula is C19H30BrNO4S. The molecular weight excluding hydrogens is 418 g/mol. The van der Waals surface area contributed by atoms with E-state index in [1.165, 1.54) is 11.4 Å². The van der Waals surface area contributed by atoms with Gasteiger partial charge >= 0.3 is 5.97 Å². The number of rotatable bonds is 10. The minimum Gasteiger partial charge on any atom is -0.469 e. The number of esters is 1. The number of carbonyl (C=O) groups is 1. The van der Waals surface area contributed by atoms with Crippen LogP contribution in [-0.2, 0) is 19.6 Å². The summed E-state index contributed by atoms with van der Waals surface area (Å²) in [7, 11) is -0.822. The zero-order valence-corrected chi connectivity index (χ0v) is 18.7. The summed E-state index contributed by atoms with van der Waals surface area (Å²) >= 11 is 3.41. The Morgan fingerprint density at radius 1 is 1.19 bits per heavy atom. The van der Waals surface area contributed by atoms with Crippen LogP contribution in [0, 0.1) is 12.3 Å². The highest BCUT2D eigenvalue weighted by molar-refractivity contribution is 9.09. The third-order valence-corrected chi connectivity index (χ3v) is 7.23. The molecule has 1 aromatic carbocycles. The van der Waals surface area contributed by atoms with Crippen LogP contribution in [-0.4, -0.2) is 44.2 Å². The van der Waals surface area contributed by atoms with Crippen LogP contribution in [0.4, 0.5) is 0 Å². The first-order chi connectivity index (χ1) is 12.1. The molecule has 148 valence electrons. The lowest BCUT2D eigenvalue weighted by Crippen LogP contribution is -2.50. The molecule has 5 nitrogen and oxygen atoms in total. The lowest BCUT2D eigenvalue weighted by atomic mass is 9.81. The van der Waals surface area contributed by atoms with E-state index < -0.39 is 27.4 Å². The van der Waals surface area contributed by atoms with Gasteiger partial charge in [0.1, 0.15) is 0 Å². The maximum atomic E-state index is 13.1. The zero-order chi connectivity index (χ0) is 20.0. The van der Waals surface area contributed by atoms with Crippen molar-refractivity contribution in [2.45, 2.75) is 57.4 Å². The Bertz CT molecular complexity index is 686. The number of halogens is 1. The molecule has 0 aliphatic rings. The van der Waals surface area contributed by atoms with Gasteiger partial charge < -0.3 is 4.74 Å². The third-order valence-electron chi connectivity index (χ3n) is 4.79. The summed E-state index contributed by atoms with van der Waals surface area (Å²) in [6, 6.07) is 6.27. The molecule has 1 aromatic rings. The van der Waals surface area contributed by atoms with Gasteiger partial charge in [-0.1, -0.05) is 46.5 Å². The fourth-order valence-corrected chi connectivity index (χ4v) is 4.96. The number of aryl methyl sites for hydroxylation is 1. The second-order valence-electron chi connectivity index (χ2n) is 7.10. The number of nitrogens with zero attached hydrogens (tertiary/aromatic N) is 1. The first-order valence-corrected chi connectivity index (χ1v) is 11.3. The lowest BCUT2D eigenvalue weighted by molar-refractivity contribution is -0.153. The van der Waals surface area contributed by atoms with Crippen LogP contribution in [0.25, 0.3) is 0 Å². The number of unbranched alkanes of at least 4 members (excludes halogenated alkanes) is 2. The molecule has 0 aromatic heterocycles. The number of hydrogen-bond acceptors (Lipinski definition) is 4.